The summed E-state index contributed by atoms with van der Waals surface area (Å²) in [5.74, 6) is 1.66. The summed E-state index contributed by atoms with van der Waals surface area (Å²) in [6, 6.07) is 7.95. The van der Waals surface area contributed by atoms with E-state index < -0.39 is 0 Å². The van der Waals surface area contributed by atoms with Gasteiger partial charge in [-0.15, -0.1) is 0 Å². The highest BCUT2D eigenvalue weighted by atomic mass is 16.1. The molecule has 0 unspecified atom stereocenters. The molecule has 5 heteroatoms. The Morgan fingerprint density at radius 2 is 1.95 bits per heavy atom. The minimum atomic E-state index is -0.0448. The third-order valence-electron chi connectivity index (χ3n) is 3.53. The summed E-state index contributed by atoms with van der Waals surface area (Å²) in [6.45, 7) is 6.24. The van der Waals surface area contributed by atoms with E-state index in [9.17, 15) is 4.79 Å². The van der Waals surface area contributed by atoms with Crippen molar-refractivity contribution < 1.29 is 4.79 Å². The fraction of sp³-hybridized carbons (Fsp3) is 0.529. The number of benzene rings is 1. The summed E-state index contributed by atoms with van der Waals surface area (Å²) < 4.78 is 0. The first-order chi connectivity index (χ1) is 10.7. The van der Waals surface area contributed by atoms with Crippen LogP contribution in [0.15, 0.2) is 29.3 Å². The number of guanidine groups is 1. The van der Waals surface area contributed by atoms with Gasteiger partial charge in [0.15, 0.2) is 5.96 Å². The van der Waals surface area contributed by atoms with Gasteiger partial charge in [0, 0.05) is 32.2 Å². The molecule has 120 valence electrons. The Balaban J connectivity index is 1.75. The van der Waals surface area contributed by atoms with Gasteiger partial charge in [-0.2, -0.15) is 0 Å². The normalized spacial score (nSPS) is 14.5. The van der Waals surface area contributed by atoms with Crippen molar-refractivity contribution in [3.05, 3.63) is 29.8 Å². The molecule has 22 heavy (non-hydrogen) atoms. The molecule has 0 spiro atoms. The first kappa shape index (κ1) is 16.3. The van der Waals surface area contributed by atoms with Gasteiger partial charge in [0.2, 0.25) is 5.91 Å². The smallest absolute Gasteiger partial charge is 0.221 e. The van der Waals surface area contributed by atoms with E-state index in [4.69, 9.17) is 0 Å². The number of nitrogens with zero attached hydrogens (tertiary/aromatic N) is 1. The number of hydrogen-bond acceptors (Lipinski definition) is 2. The van der Waals surface area contributed by atoms with Crippen LogP contribution in [-0.4, -0.2) is 31.5 Å². The molecule has 0 aromatic heterocycles. The van der Waals surface area contributed by atoms with E-state index in [-0.39, 0.29) is 5.91 Å². The van der Waals surface area contributed by atoms with Crippen molar-refractivity contribution in [2.45, 2.75) is 33.1 Å². The predicted octanol–water partition coefficient (Wildman–Crippen LogP) is 2.15. The van der Waals surface area contributed by atoms with Crippen molar-refractivity contribution >= 4 is 17.6 Å². The number of aliphatic imine (C=N–C) groups is 1. The molecule has 1 aromatic rings. The van der Waals surface area contributed by atoms with Gasteiger partial charge in [0.1, 0.15) is 0 Å². The van der Waals surface area contributed by atoms with Gasteiger partial charge in [-0.05, 0) is 49.8 Å². The average molecular weight is 302 g/mol. The van der Waals surface area contributed by atoms with Crippen molar-refractivity contribution in [3.8, 4) is 0 Å². The van der Waals surface area contributed by atoms with Crippen LogP contribution in [0.1, 0.15) is 32.3 Å². The molecule has 5 nitrogen and oxygen atoms in total. The van der Waals surface area contributed by atoms with Crippen molar-refractivity contribution in [1.29, 1.82) is 0 Å². The van der Waals surface area contributed by atoms with Crippen LogP contribution in [0, 0.1) is 5.92 Å². The average Bonchev–Trinajstić information content (AvgIpc) is 3.30. The standard InChI is InChI=1S/C17H26N4O/c1-3-18-17(20-12-15-4-5-15)19-11-10-14-6-8-16(9-7-14)21-13(2)22/h6-9,15H,3-5,10-12H2,1-2H3,(H,21,22)(H2,18,19,20). The second kappa shape index (κ2) is 8.41. The van der Waals surface area contributed by atoms with Crippen LogP contribution >= 0.6 is 0 Å². The Morgan fingerprint density at radius 3 is 2.55 bits per heavy atom. The minimum Gasteiger partial charge on any atom is -0.357 e. The number of carbonyl (C=O) groups excluding carboxylic acids is 1. The molecular weight excluding hydrogens is 276 g/mol. The van der Waals surface area contributed by atoms with E-state index in [1.165, 1.54) is 25.3 Å². The monoisotopic (exact) mass is 302 g/mol. The molecule has 1 amide bonds. The number of anilines is 1. The van der Waals surface area contributed by atoms with E-state index in [1.54, 1.807) is 0 Å². The Hall–Kier alpha value is -2.04. The summed E-state index contributed by atoms with van der Waals surface area (Å²) in [7, 11) is 0. The zero-order valence-electron chi connectivity index (χ0n) is 13.5. The number of nitrogens with one attached hydrogen (secondary N) is 3. The molecule has 2 rings (SSSR count). The topological polar surface area (TPSA) is 65.5 Å². The highest BCUT2D eigenvalue weighted by Gasteiger charge is 2.20. The third kappa shape index (κ3) is 6.16. The van der Waals surface area contributed by atoms with Crippen LogP contribution in [0.4, 0.5) is 5.69 Å². The molecule has 0 aliphatic heterocycles. The molecule has 1 aliphatic rings. The Labute approximate surface area is 132 Å². The lowest BCUT2D eigenvalue weighted by atomic mass is 10.1. The van der Waals surface area contributed by atoms with Crippen LogP contribution in [0.2, 0.25) is 0 Å². The molecule has 0 bridgehead atoms. The van der Waals surface area contributed by atoms with Gasteiger partial charge in [-0.25, -0.2) is 0 Å². The van der Waals surface area contributed by atoms with Crippen molar-refractivity contribution in [1.82, 2.24) is 10.6 Å². The highest BCUT2D eigenvalue weighted by Crippen LogP contribution is 2.28. The van der Waals surface area contributed by atoms with Gasteiger partial charge in [-0.3, -0.25) is 9.79 Å². The van der Waals surface area contributed by atoms with Crippen molar-refractivity contribution in [2.24, 2.45) is 10.9 Å². The molecule has 1 aromatic carbocycles. The second-order valence-corrected chi connectivity index (χ2v) is 5.72. The first-order valence-corrected chi connectivity index (χ1v) is 8.06. The Bertz CT molecular complexity index is 506. The summed E-state index contributed by atoms with van der Waals surface area (Å²) in [6.07, 6.45) is 3.57. The summed E-state index contributed by atoms with van der Waals surface area (Å²) in [5.41, 5.74) is 2.07. The van der Waals surface area contributed by atoms with E-state index in [2.05, 4.69) is 27.9 Å². The second-order valence-electron chi connectivity index (χ2n) is 5.72. The number of amides is 1. The number of rotatable bonds is 7. The van der Waals surface area contributed by atoms with Gasteiger partial charge in [0.05, 0.1) is 0 Å². The van der Waals surface area contributed by atoms with Crippen LogP contribution in [0.3, 0.4) is 0 Å². The Kier molecular flexibility index (Phi) is 6.25. The molecule has 1 saturated carbocycles. The largest absolute Gasteiger partial charge is 0.357 e. The lowest BCUT2D eigenvalue weighted by Crippen LogP contribution is -2.38. The zero-order valence-corrected chi connectivity index (χ0v) is 13.5. The van der Waals surface area contributed by atoms with Crippen LogP contribution in [-0.2, 0) is 11.2 Å². The van der Waals surface area contributed by atoms with Gasteiger partial charge in [-0.1, -0.05) is 12.1 Å². The van der Waals surface area contributed by atoms with Crippen LogP contribution in [0.25, 0.3) is 0 Å². The van der Waals surface area contributed by atoms with Gasteiger partial charge < -0.3 is 16.0 Å². The maximum absolute atomic E-state index is 11.0. The molecule has 3 N–H and O–H groups in total. The lowest BCUT2D eigenvalue weighted by Gasteiger charge is -2.11. The number of carbonyl (C=O) groups is 1. The summed E-state index contributed by atoms with van der Waals surface area (Å²) in [5, 5.41) is 9.41. The fourth-order valence-electron chi connectivity index (χ4n) is 2.15. The highest BCUT2D eigenvalue weighted by molar-refractivity contribution is 5.88. The first-order valence-electron chi connectivity index (χ1n) is 8.06. The zero-order chi connectivity index (χ0) is 15.8. The van der Waals surface area contributed by atoms with E-state index in [0.717, 1.165) is 43.6 Å². The van der Waals surface area contributed by atoms with Crippen molar-refractivity contribution in [2.75, 3.05) is 25.0 Å². The molecule has 1 fully saturated rings. The van der Waals surface area contributed by atoms with Crippen LogP contribution < -0.4 is 16.0 Å². The molecule has 0 atom stereocenters. The summed E-state index contributed by atoms with van der Waals surface area (Å²) in [4.78, 5) is 15.6. The quantitative estimate of drug-likeness (QED) is 0.534. The summed E-state index contributed by atoms with van der Waals surface area (Å²) >= 11 is 0. The maximum atomic E-state index is 11.0. The van der Waals surface area contributed by atoms with Crippen molar-refractivity contribution in [3.63, 3.8) is 0 Å². The third-order valence-corrected chi connectivity index (χ3v) is 3.53. The molecule has 0 saturated heterocycles. The van der Waals surface area contributed by atoms with E-state index in [0.29, 0.717) is 0 Å². The van der Waals surface area contributed by atoms with Crippen LogP contribution in [0.5, 0.6) is 0 Å². The molecule has 0 radical (unpaired) electrons. The maximum Gasteiger partial charge on any atom is 0.221 e. The van der Waals surface area contributed by atoms with E-state index in [1.807, 2.05) is 24.3 Å². The van der Waals surface area contributed by atoms with Gasteiger partial charge in [0.25, 0.3) is 0 Å². The van der Waals surface area contributed by atoms with E-state index >= 15 is 0 Å². The fourth-order valence-corrected chi connectivity index (χ4v) is 2.15. The molecular formula is C17H26N4O. The van der Waals surface area contributed by atoms with Gasteiger partial charge >= 0.3 is 0 Å². The molecule has 0 heterocycles. The molecule has 1 aliphatic carbocycles. The minimum absolute atomic E-state index is 0.0448. The predicted molar refractivity (Wildman–Crippen MR) is 91.2 cm³/mol. The lowest BCUT2D eigenvalue weighted by molar-refractivity contribution is -0.114. The SMILES string of the molecule is CCNC(=NCC1CC1)NCCc1ccc(NC(C)=O)cc1. The Morgan fingerprint density at radius 1 is 1.23 bits per heavy atom. The number of hydrogen-bond donors (Lipinski definition) is 3.